The number of fused-ring (bicyclic) bond motifs is 1. The second kappa shape index (κ2) is 11.6. The van der Waals surface area contributed by atoms with Crippen LogP contribution in [-0.4, -0.2) is 22.3 Å². The van der Waals surface area contributed by atoms with Gasteiger partial charge in [0, 0.05) is 34.6 Å². The largest absolute Gasteiger partial charge is 0.493 e. The molecule has 1 atom stereocenters. The Morgan fingerprint density at radius 3 is 2.54 bits per heavy atom. The third-order valence-electron chi connectivity index (χ3n) is 6.91. The van der Waals surface area contributed by atoms with Gasteiger partial charge in [0.2, 0.25) is 0 Å². The first-order chi connectivity index (χ1) is 18.1. The summed E-state index contributed by atoms with van der Waals surface area (Å²) in [4.78, 5) is 9.18. The van der Waals surface area contributed by atoms with E-state index in [1.54, 1.807) is 6.20 Å². The van der Waals surface area contributed by atoms with Crippen LogP contribution in [0.25, 0.3) is 33.2 Å². The Morgan fingerprint density at radius 1 is 0.865 bits per heavy atom. The Kier molecular flexibility index (Phi) is 7.86. The van der Waals surface area contributed by atoms with Crippen LogP contribution in [0.4, 0.5) is 0 Å². The van der Waals surface area contributed by atoms with Gasteiger partial charge in [-0.15, -0.1) is 0 Å². The van der Waals surface area contributed by atoms with Crippen LogP contribution in [0.1, 0.15) is 36.1 Å². The van der Waals surface area contributed by atoms with Gasteiger partial charge in [-0.05, 0) is 71.9 Å². The maximum absolute atomic E-state index is 6.30. The highest BCUT2D eigenvalue weighted by molar-refractivity contribution is 7.80. The Balaban J connectivity index is 1.29. The van der Waals surface area contributed by atoms with Crippen molar-refractivity contribution in [3.8, 4) is 28.0 Å². The minimum Gasteiger partial charge on any atom is -0.493 e. The molecule has 3 aromatic carbocycles. The van der Waals surface area contributed by atoms with E-state index < -0.39 is 0 Å². The van der Waals surface area contributed by atoms with Gasteiger partial charge in [0.05, 0.1) is 12.1 Å². The molecule has 5 aromatic rings. The summed E-state index contributed by atoms with van der Waals surface area (Å²) in [5.41, 5.74) is 9.21. The Morgan fingerprint density at radius 2 is 1.68 bits per heavy atom. The van der Waals surface area contributed by atoms with Crippen molar-refractivity contribution in [2.24, 2.45) is 0 Å². The first-order valence-electron chi connectivity index (χ1n) is 12.9. The van der Waals surface area contributed by atoms with Gasteiger partial charge in [0.25, 0.3) is 0 Å². The maximum atomic E-state index is 6.30. The first kappa shape index (κ1) is 25.0. The molecule has 2 heterocycles. The smallest absolute Gasteiger partial charge is 0.130 e. The van der Waals surface area contributed by atoms with E-state index >= 15 is 0 Å². The van der Waals surface area contributed by atoms with E-state index in [-0.39, 0.29) is 0 Å². The van der Waals surface area contributed by atoms with Crippen LogP contribution in [0.3, 0.4) is 0 Å². The number of hydrogen-bond donors (Lipinski definition) is 1. The van der Waals surface area contributed by atoms with Crippen molar-refractivity contribution in [2.45, 2.75) is 32.6 Å². The van der Waals surface area contributed by atoms with E-state index in [2.05, 4.69) is 104 Å². The monoisotopic (exact) mass is 504 g/mol. The van der Waals surface area contributed by atoms with Crippen LogP contribution >= 0.6 is 12.6 Å². The molecule has 2 aromatic heterocycles. The normalized spacial score (nSPS) is 12.0. The summed E-state index contributed by atoms with van der Waals surface area (Å²) in [6.07, 6.45) is 5.55. The van der Waals surface area contributed by atoms with Crippen molar-refractivity contribution in [3.05, 3.63) is 114 Å². The third kappa shape index (κ3) is 5.86. The second-order valence-electron chi connectivity index (χ2n) is 9.52. The lowest BCUT2D eigenvalue weighted by atomic mass is 9.93. The Labute approximate surface area is 225 Å². The molecule has 1 unspecified atom stereocenters. The lowest BCUT2D eigenvalue weighted by molar-refractivity contribution is 0.301. The molecular formula is C33H32N2OS. The van der Waals surface area contributed by atoms with Crippen molar-refractivity contribution < 1.29 is 4.74 Å². The van der Waals surface area contributed by atoms with Crippen molar-refractivity contribution in [1.29, 1.82) is 0 Å². The number of ether oxygens (including phenoxy) is 1. The van der Waals surface area contributed by atoms with E-state index in [1.807, 2.05) is 18.3 Å². The number of pyridine rings is 2. The summed E-state index contributed by atoms with van der Waals surface area (Å²) in [6.45, 7) is 4.99. The number of hydrogen-bond acceptors (Lipinski definition) is 4. The Bertz CT molecular complexity index is 1510. The fourth-order valence-corrected chi connectivity index (χ4v) is 5.04. The molecule has 4 heteroatoms. The fraction of sp³-hybridized carbons (Fsp3) is 0.212. The van der Waals surface area contributed by atoms with Gasteiger partial charge >= 0.3 is 0 Å². The molecule has 0 spiro atoms. The van der Waals surface area contributed by atoms with E-state index in [9.17, 15) is 0 Å². The third-order valence-corrected chi connectivity index (χ3v) is 7.13. The van der Waals surface area contributed by atoms with E-state index in [0.29, 0.717) is 12.5 Å². The van der Waals surface area contributed by atoms with Crippen LogP contribution in [0.15, 0.2) is 97.3 Å². The van der Waals surface area contributed by atoms with Gasteiger partial charge < -0.3 is 4.74 Å². The summed E-state index contributed by atoms with van der Waals surface area (Å²) >= 11 is 4.38. The number of rotatable bonds is 9. The average Bonchev–Trinajstić information content (AvgIpc) is 2.93. The van der Waals surface area contributed by atoms with Gasteiger partial charge in [-0.1, -0.05) is 73.7 Å². The number of nitrogens with zero attached hydrogens (tertiary/aromatic N) is 2. The highest BCUT2D eigenvalue weighted by Gasteiger charge is 2.12. The molecule has 0 saturated heterocycles. The summed E-state index contributed by atoms with van der Waals surface area (Å²) in [5, 5.41) is 1.17. The minimum atomic E-state index is 0.359. The van der Waals surface area contributed by atoms with Crippen LogP contribution in [-0.2, 0) is 6.42 Å². The molecule has 5 rings (SSSR count). The highest BCUT2D eigenvalue weighted by atomic mass is 32.1. The number of para-hydroxylation sites is 1. The predicted molar refractivity (Wildman–Crippen MR) is 158 cm³/mol. The predicted octanol–water partition coefficient (Wildman–Crippen LogP) is 8.32. The summed E-state index contributed by atoms with van der Waals surface area (Å²) in [7, 11) is 0. The second-order valence-corrected chi connectivity index (χ2v) is 9.97. The molecule has 186 valence electrons. The van der Waals surface area contributed by atoms with E-state index in [4.69, 9.17) is 9.72 Å². The van der Waals surface area contributed by atoms with Gasteiger partial charge in [0.1, 0.15) is 5.75 Å². The molecule has 0 aliphatic heterocycles. The van der Waals surface area contributed by atoms with Gasteiger partial charge in [-0.25, -0.2) is 0 Å². The van der Waals surface area contributed by atoms with Gasteiger partial charge in [-0.3, -0.25) is 9.97 Å². The zero-order valence-corrected chi connectivity index (χ0v) is 22.3. The minimum absolute atomic E-state index is 0.359. The lowest BCUT2D eigenvalue weighted by Crippen LogP contribution is -2.04. The van der Waals surface area contributed by atoms with Crippen molar-refractivity contribution >= 4 is 23.5 Å². The quantitative estimate of drug-likeness (QED) is 0.205. The van der Waals surface area contributed by atoms with Crippen LogP contribution in [0, 0.1) is 6.92 Å². The number of aryl methyl sites for hydroxylation is 2. The van der Waals surface area contributed by atoms with E-state index in [1.165, 1.54) is 27.6 Å². The molecule has 0 saturated carbocycles. The topological polar surface area (TPSA) is 35.0 Å². The van der Waals surface area contributed by atoms with Crippen molar-refractivity contribution in [3.63, 3.8) is 0 Å². The molecule has 0 aliphatic carbocycles. The van der Waals surface area contributed by atoms with Gasteiger partial charge in [0.15, 0.2) is 0 Å². The molecule has 0 aliphatic rings. The number of benzene rings is 3. The van der Waals surface area contributed by atoms with E-state index in [0.717, 1.165) is 46.7 Å². The molecule has 3 nitrogen and oxygen atoms in total. The molecule has 0 radical (unpaired) electrons. The van der Waals surface area contributed by atoms with Crippen LogP contribution in [0.5, 0.6) is 5.75 Å². The molecular weight excluding hydrogens is 472 g/mol. The highest BCUT2D eigenvalue weighted by Crippen LogP contribution is 2.32. The van der Waals surface area contributed by atoms with Crippen LogP contribution < -0.4 is 4.74 Å². The van der Waals surface area contributed by atoms with Crippen LogP contribution in [0.2, 0.25) is 0 Å². The lowest BCUT2D eigenvalue weighted by Gasteiger charge is -2.16. The molecule has 37 heavy (non-hydrogen) atoms. The number of thiol groups is 1. The van der Waals surface area contributed by atoms with Crippen molar-refractivity contribution in [1.82, 2.24) is 9.97 Å². The summed E-state index contributed by atoms with van der Waals surface area (Å²) < 4.78 is 6.30. The zero-order valence-electron chi connectivity index (χ0n) is 21.4. The fourth-order valence-electron chi connectivity index (χ4n) is 4.78. The number of aromatic nitrogens is 2. The average molecular weight is 505 g/mol. The Hall–Kier alpha value is -3.63. The van der Waals surface area contributed by atoms with Crippen molar-refractivity contribution in [2.75, 3.05) is 12.4 Å². The summed E-state index contributed by atoms with van der Waals surface area (Å²) in [6, 6.07) is 29.9. The SMILES string of the molecule is Cc1nc2ccccc2cc1-c1cccc(C(C)CCOc2ccncc2-c2cccc(CCS)c2)c1. The standard InChI is InChI=1S/C33H32N2OS/c1-23(14-17-36-33-13-16-34-22-31(33)27-10-5-7-25(19-27)15-18-37)26-9-6-11-28(20-26)30-21-29-8-3-4-12-32(29)35-24(30)2/h3-13,16,19-23,37H,14-15,17-18H2,1-2H3. The maximum Gasteiger partial charge on any atom is 0.130 e. The molecule has 0 bridgehead atoms. The van der Waals surface area contributed by atoms with Gasteiger partial charge in [-0.2, -0.15) is 12.6 Å². The molecule has 0 N–H and O–H groups in total. The molecule has 0 amide bonds. The zero-order chi connectivity index (χ0) is 25.6. The first-order valence-corrected chi connectivity index (χ1v) is 13.5. The molecule has 0 fully saturated rings. The summed E-state index contributed by atoms with van der Waals surface area (Å²) in [5.74, 6) is 2.06.